The number of carbonyl (C=O) groups is 1. The van der Waals surface area contributed by atoms with Gasteiger partial charge in [0.05, 0.1) is 6.61 Å². The van der Waals surface area contributed by atoms with E-state index in [1.54, 1.807) is 0 Å². The molecule has 0 heterocycles. The van der Waals surface area contributed by atoms with Crippen molar-refractivity contribution < 1.29 is 25.2 Å². The molecular weight excluding hydrogens is 226 g/mol. The van der Waals surface area contributed by atoms with Gasteiger partial charge in [0.25, 0.3) is 5.91 Å². The van der Waals surface area contributed by atoms with Gasteiger partial charge in [-0.2, -0.15) is 0 Å². The van der Waals surface area contributed by atoms with E-state index in [2.05, 4.69) is 12.2 Å². The fourth-order valence-electron chi connectivity index (χ4n) is 1.34. The molecule has 0 aliphatic carbocycles. The molecule has 0 aromatic carbocycles. The molecule has 0 saturated heterocycles. The molecule has 3 unspecified atom stereocenters. The Hall–Kier alpha value is -0.690. The number of hydrogen-bond acceptors (Lipinski definition) is 5. The van der Waals surface area contributed by atoms with Gasteiger partial charge in [-0.25, -0.2) is 0 Å². The van der Waals surface area contributed by atoms with Crippen molar-refractivity contribution in [1.29, 1.82) is 0 Å². The van der Waals surface area contributed by atoms with Crippen LogP contribution in [0, 0.1) is 0 Å². The minimum atomic E-state index is -1.72. The molecule has 0 aliphatic rings. The SMILES string of the molecule is CCCCCCNC(=O)C(O)C(O)C(O)CO. The molecule has 0 radical (unpaired) electrons. The van der Waals surface area contributed by atoms with Crippen molar-refractivity contribution >= 4 is 5.91 Å². The van der Waals surface area contributed by atoms with Gasteiger partial charge < -0.3 is 25.7 Å². The minimum Gasteiger partial charge on any atom is -0.394 e. The molecule has 0 rings (SSSR count). The Bertz CT molecular complexity index is 212. The summed E-state index contributed by atoms with van der Waals surface area (Å²) in [5.41, 5.74) is 0. The van der Waals surface area contributed by atoms with Gasteiger partial charge in [-0.3, -0.25) is 4.79 Å². The summed E-state index contributed by atoms with van der Waals surface area (Å²) in [6, 6.07) is 0. The lowest BCUT2D eigenvalue weighted by atomic mass is 10.1. The quantitative estimate of drug-likeness (QED) is 0.328. The average Bonchev–Trinajstić information content (AvgIpc) is 2.35. The molecule has 6 heteroatoms. The summed E-state index contributed by atoms with van der Waals surface area (Å²) in [6.07, 6.45) is -0.920. The Kier molecular flexibility index (Phi) is 8.97. The van der Waals surface area contributed by atoms with Crippen LogP contribution in [0.5, 0.6) is 0 Å². The summed E-state index contributed by atoms with van der Waals surface area (Å²) < 4.78 is 0. The third-order valence-electron chi connectivity index (χ3n) is 2.50. The van der Waals surface area contributed by atoms with E-state index in [1.807, 2.05) is 0 Å². The monoisotopic (exact) mass is 249 g/mol. The van der Waals surface area contributed by atoms with Crippen LogP contribution < -0.4 is 5.32 Å². The van der Waals surface area contributed by atoms with Crippen molar-refractivity contribution in [3.63, 3.8) is 0 Å². The standard InChI is InChI=1S/C11H23NO5/c1-2-3-4-5-6-12-11(17)10(16)9(15)8(14)7-13/h8-10,13-16H,2-7H2,1H3,(H,12,17). The largest absolute Gasteiger partial charge is 0.394 e. The Morgan fingerprint density at radius 3 is 2.35 bits per heavy atom. The van der Waals surface area contributed by atoms with E-state index in [4.69, 9.17) is 10.2 Å². The zero-order valence-electron chi connectivity index (χ0n) is 10.2. The Labute approximate surface area is 101 Å². The van der Waals surface area contributed by atoms with E-state index < -0.39 is 30.8 Å². The van der Waals surface area contributed by atoms with E-state index in [0.29, 0.717) is 6.54 Å². The predicted octanol–water partition coefficient (Wildman–Crippen LogP) is -1.24. The Morgan fingerprint density at radius 2 is 1.82 bits per heavy atom. The third-order valence-corrected chi connectivity index (χ3v) is 2.50. The number of rotatable bonds is 9. The van der Waals surface area contributed by atoms with Gasteiger partial charge in [0.15, 0.2) is 6.10 Å². The van der Waals surface area contributed by atoms with Crippen LogP contribution >= 0.6 is 0 Å². The number of unbranched alkanes of at least 4 members (excludes halogenated alkanes) is 3. The van der Waals surface area contributed by atoms with E-state index in [1.165, 1.54) is 0 Å². The second-order valence-electron chi connectivity index (χ2n) is 4.04. The number of carbonyl (C=O) groups excluding carboxylic acids is 1. The highest BCUT2D eigenvalue weighted by molar-refractivity contribution is 5.81. The number of aliphatic hydroxyl groups is 4. The van der Waals surface area contributed by atoms with E-state index in [0.717, 1.165) is 25.7 Å². The van der Waals surface area contributed by atoms with Gasteiger partial charge >= 0.3 is 0 Å². The fourth-order valence-corrected chi connectivity index (χ4v) is 1.34. The zero-order chi connectivity index (χ0) is 13.3. The lowest BCUT2D eigenvalue weighted by molar-refractivity contribution is -0.142. The molecule has 6 nitrogen and oxygen atoms in total. The third kappa shape index (κ3) is 6.58. The van der Waals surface area contributed by atoms with Gasteiger partial charge in [0.2, 0.25) is 0 Å². The molecule has 0 spiro atoms. The van der Waals surface area contributed by atoms with Crippen molar-refractivity contribution in [3.8, 4) is 0 Å². The van der Waals surface area contributed by atoms with Gasteiger partial charge in [0.1, 0.15) is 12.2 Å². The zero-order valence-corrected chi connectivity index (χ0v) is 10.2. The summed E-state index contributed by atoms with van der Waals surface area (Å²) in [5.74, 6) is -0.735. The van der Waals surface area contributed by atoms with Crippen molar-refractivity contribution in [3.05, 3.63) is 0 Å². The smallest absolute Gasteiger partial charge is 0.251 e. The first-order valence-corrected chi connectivity index (χ1v) is 5.97. The lowest BCUT2D eigenvalue weighted by Gasteiger charge is -2.20. The molecular formula is C11H23NO5. The minimum absolute atomic E-state index is 0.428. The number of amides is 1. The maximum Gasteiger partial charge on any atom is 0.251 e. The molecule has 3 atom stereocenters. The first-order chi connectivity index (χ1) is 8.04. The summed E-state index contributed by atoms with van der Waals surface area (Å²) in [7, 11) is 0. The van der Waals surface area contributed by atoms with Crippen LogP contribution in [0.3, 0.4) is 0 Å². The second-order valence-corrected chi connectivity index (χ2v) is 4.04. The van der Waals surface area contributed by atoms with E-state index in [-0.39, 0.29) is 0 Å². The van der Waals surface area contributed by atoms with Gasteiger partial charge in [-0.15, -0.1) is 0 Å². The molecule has 0 aliphatic heterocycles. The van der Waals surface area contributed by atoms with E-state index in [9.17, 15) is 15.0 Å². The summed E-state index contributed by atoms with van der Waals surface area (Å²) in [6.45, 7) is 1.80. The maximum atomic E-state index is 11.3. The first kappa shape index (κ1) is 16.3. The molecule has 102 valence electrons. The van der Waals surface area contributed by atoms with Crippen LogP contribution in [0.4, 0.5) is 0 Å². The normalized spacial score (nSPS) is 16.3. The molecule has 17 heavy (non-hydrogen) atoms. The second kappa shape index (κ2) is 9.35. The molecule has 5 N–H and O–H groups in total. The highest BCUT2D eigenvalue weighted by atomic mass is 16.4. The van der Waals surface area contributed by atoms with Crippen molar-refractivity contribution in [2.45, 2.75) is 50.9 Å². The average molecular weight is 249 g/mol. The topological polar surface area (TPSA) is 110 Å². The predicted molar refractivity (Wildman–Crippen MR) is 62.3 cm³/mol. The van der Waals surface area contributed by atoms with Crippen molar-refractivity contribution in [2.24, 2.45) is 0 Å². The number of hydrogen-bond donors (Lipinski definition) is 5. The maximum absolute atomic E-state index is 11.3. The van der Waals surface area contributed by atoms with Gasteiger partial charge in [-0.05, 0) is 6.42 Å². The first-order valence-electron chi connectivity index (χ1n) is 5.97. The number of nitrogens with one attached hydrogen (secondary N) is 1. The van der Waals surface area contributed by atoms with Gasteiger partial charge in [0, 0.05) is 6.54 Å². The molecule has 0 fully saturated rings. The van der Waals surface area contributed by atoms with Gasteiger partial charge in [-0.1, -0.05) is 26.2 Å². The van der Waals surface area contributed by atoms with Crippen molar-refractivity contribution in [2.75, 3.05) is 13.2 Å². The van der Waals surface area contributed by atoms with Crippen LogP contribution in [-0.2, 0) is 4.79 Å². The molecule has 0 aromatic heterocycles. The Morgan fingerprint density at radius 1 is 1.18 bits per heavy atom. The highest BCUT2D eigenvalue weighted by Gasteiger charge is 2.29. The summed E-state index contributed by atoms with van der Waals surface area (Å²) in [5, 5.41) is 38.7. The lowest BCUT2D eigenvalue weighted by Crippen LogP contribution is -2.48. The van der Waals surface area contributed by atoms with Crippen LogP contribution in [0.1, 0.15) is 32.6 Å². The van der Waals surface area contributed by atoms with Crippen LogP contribution in [0.2, 0.25) is 0 Å². The Balaban J connectivity index is 3.81. The summed E-state index contributed by atoms with van der Waals surface area (Å²) in [4.78, 5) is 11.3. The van der Waals surface area contributed by atoms with Crippen LogP contribution in [0.15, 0.2) is 0 Å². The fraction of sp³-hybridized carbons (Fsp3) is 0.909. The molecule has 0 bridgehead atoms. The number of aliphatic hydroxyl groups excluding tert-OH is 4. The highest BCUT2D eigenvalue weighted by Crippen LogP contribution is 2.01. The van der Waals surface area contributed by atoms with Crippen LogP contribution in [-0.4, -0.2) is 57.8 Å². The van der Waals surface area contributed by atoms with E-state index >= 15 is 0 Å². The molecule has 1 amide bonds. The molecule has 0 aromatic rings. The molecule has 0 saturated carbocycles. The van der Waals surface area contributed by atoms with Crippen LogP contribution in [0.25, 0.3) is 0 Å². The van der Waals surface area contributed by atoms with Crippen molar-refractivity contribution in [1.82, 2.24) is 5.32 Å². The summed E-state index contributed by atoms with van der Waals surface area (Å²) >= 11 is 0.